The summed E-state index contributed by atoms with van der Waals surface area (Å²) in [6.45, 7) is 6.61. The maximum absolute atomic E-state index is 11.6. The maximum atomic E-state index is 11.6. The van der Waals surface area contributed by atoms with E-state index in [9.17, 15) is 4.79 Å². The van der Waals surface area contributed by atoms with Crippen molar-refractivity contribution in [2.75, 3.05) is 6.26 Å². The summed E-state index contributed by atoms with van der Waals surface area (Å²) in [6, 6.07) is 9.75. The van der Waals surface area contributed by atoms with Crippen LogP contribution in [0.2, 0.25) is 0 Å². The number of benzene rings is 2. The average Bonchev–Trinajstić information content (AvgIpc) is 2.56. The lowest BCUT2D eigenvalue weighted by Gasteiger charge is -2.15. The Morgan fingerprint density at radius 1 is 1.17 bits per heavy atom. The van der Waals surface area contributed by atoms with Gasteiger partial charge in [0.05, 0.1) is 0 Å². The average molecular weight is 409 g/mol. The first-order valence-electron chi connectivity index (χ1n) is 7.72. The molecule has 0 fully saturated rings. The van der Waals surface area contributed by atoms with Crippen molar-refractivity contribution in [3.05, 3.63) is 57.1 Å². The normalized spacial score (nSPS) is 10.5. The molecule has 0 aliphatic carbocycles. The molecule has 0 amide bonds. The third-order valence-electron chi connectivity index (χ3n) is 3.82. The van der Waals surface area contributed by atoms with E-state index in [2.05, 4.69) is 41.9 Å². The summed E-state index contributed by atoms with van der Waals surface area (Å²) in [4.78, 5) is 11.6. The topological polar surface area (TPSA) is 35.5 Å². The zero-order chi connectivity index (χ0) is 17.7. The van der Waals surface area contributed by atoms with Gasteiger partial charge in [0.1, 0.15) is 18.1 Å². The first-order chi connectivity index (χ1) is 11.5. The van der Waals surface area contributed by atoms with Gasteiger partial charge < -0.3 is 9.47 Å². The van der Waals surface area contributed by atoms with Gasteiger partial charge in [-0.15, -0.1) is 0 Å². The van der Waals surface area contributed by atoms with Gasteiger partial charge in [-0.05, 0) is 73.2 Å². The summed E-state index contributed by atoms with van der Waals surface area (Å²) in [6.07, 6.45) is 2.70. The Balaban J connectivity index is 2.23. The van der Waals surface area contributed by atoms with Crippen molar-refractivity contribution in [3.63, 3.8) is 0 Å². The Bertz CT molecular complexity index is 744. The van der Waals surface area contributed by atoms with Gasteiger partial charge in [0.15, 0.2) is 0 Å². The Morgan fingerprint density at radius 2 is 1.92 bits per heavy atom. The second kappa shape index (κ2) is 8.58. The molecule has 0 spiro atoms. The molecular weight excluding hydrogens is 388 g/mol. The largest absolute Gasteiger partial charge is 0.488 e. The molecule has 0 saturated heterocycles. The smallest absolute Gasteiger partial charge is 0.372 e. The lowest BCUT2D eigenvalue weighted by Crippen LogP contribution is -2.06. The van der Waals surface area contributed by atoms with Crippen LogP contribution in [0.4, 0.5) is 4.79 Å². The van der Waals surface area contributed by atoms with Crippen molar-refractivity contribution in [1.29, 1.82) is 0 Å². The molecule has 0 unspecified atom stereocenters. The molecule has 128 valence electrons. The highest BCUT2D eigenvalue weighted by atomic mass is 79.9. The molecule has 0 atom stereocenters. The van der Waals surface area contributed by atoms with Gasteiger partial charge in [-0.3, -0.25) is 0 Å². The minimum Gasteiger partial charge on any atom is -0.488 e. The predicted molar refractivity (Wildman–Crippen MR) is 103 cm³/mol. The maximum Gasteiger partial charge on any atom is 0.372 e. The quantitative estimate of drug-likeness (QED) is 0.562. The van der Waals surface area contributed by atoms with Crippen molar-refractivity contribution in [2.24, 2.45) is 0 Å². The summed E-state index contributed by atoms with van der Waals surface area (Å²) in [5.41, 5.74) is 4.47. The number of aryl methyl sites for hydroxylation is 3. The van der Waals surface area contributed by atoms with Crippen molar-refractivity contribution < 1.29 is 14.3 Å². The van der Waals surface area contributed by atoms with Gasteiger partial charge >= 0.3 is 5.30 Å². The molecule has 2 aromatic rings. The van der Waals surface area contributed by atoms with Crippen LogP contribution in [0.1, 0.15) is 29.2 Å². The number of rotatable bonds is 5. The SMILES string of the molecule is CCc1cc(C)c(OCc2c(Br)cccc2OC(=O)SC)cc1C. The summed E-state index contributed by atoms with van der Waals surface area (Å²) in [5, 5.41) is -0.339. The van der Waals surface area contributed by atoms with Gasteiger partial charge in [-0.2, -0.15) is 0 Å². The van der Waals surface area contributed by atoms with Crippen LogP contribution in [0.5, 0.6) is 11.5 Å². The zero-order valence-corrected chi connectivity index (χ0v) is 16.7. The molecule has 0 aliphatic heterocycles. The Morgan fingerprint density at radius 3 is 2.58 bits per heavy atom. The van der Waals surface area contributed by atoms with Gasteiger partial charge in [0, 0.05) is 10.0 Å². The van der Waals surface area contributed by atoms with Crippen molar-refractivity contribution >= 4 is 33.0 Å². The number of halogens is 1. The van der Waals surface area contributed by atoms with E-state index in [1.807, 2.05) is 19.1 Å². The van der Waals surface area contributed by atoms with Crippen LogP contribution in [-0.4, -0.2) is 11.6 Å². The number of carbonyl (C=O) groups excluding carboxylic acids is 1. The second-order valence-electron chi connectivity index (χ2n) is 5.46. The fourth-order valence-electron chi connectivity index (χ4n) is 2.44. The van der Waals surface area contributed by atoms with Crippen LogP contribution in [0.25, 0.3) is 0 Å². The van der Waals surface area contributed by atoms with E-state index in [1.54, 1.807) is 12.3 Å². The third kappa shape index (κ3) is 4.54. The molecule has 0 radical (unpaired) electrons. The van der Waals surface area contributed by atoms with Crippen LogP contribution in [0.15, 0.2) is 34.8 Å². The molecule has 0 aromatic heterocycles. The Kier molecular flexibility index (Phi) is 6.75. The highest BCUT2D eigenvalue weighted by molar-refractivity contribution is 9.10. The Hall–Kier alpha value is -1.46. The fraction of sp³-hybridized carbons (Fsp3) is 0.316. The first-order valence-corrected chi connectivity index (χ1v) is 9.74. The van der Waals surface area contributed by atoms with E-state index in [-0.39, 0.29) is 5.30 Å². The number of carbonyl (C=O) groups is 1. The molecule has 3 nitrogen and oxygen atoms in total. The van der Waals surface area contributed by atoms with Crippen LogP contribution in [0, 0.1) is 13.8 Å². The zero-order valence-electron chi connectivity index (χ0n) is 14.3. The van der Waals surface area contributed by atoms with Crippen molar-refractivity contribution in [1.82, 2.24) is 0 Å². The summed E-state index contributed by atoms with van der Waals surface area (Å²) in [7, 11) is 0. The van der Waals surface area contributed by atoms with E-state index >= 15 is 0 Å². The number of hydrogen-bond acceptors (Lipinski definition) is 4. The van der Waals surface area contributed by atoms with Crippen LogP contribution in [-0.2, 0) is 13.0 Å². The first kappa shape index (κ1) is 18.9. The lowest BCUT2D eigenvalue weighted by molar-refractivity contribution is 0.225. The fourth-order valence-corrected chi connectivity index (χ4v) is 3.08. The predicted octanol–water partition coefficient (Wildman–Crippen LogP) is 6.07. The van der Waals surface area contributed by atoms with Crippen molar-refractivity contribution in [3.8, 4) is 11.5 Å². The van der Waals surface area contributed by atoms with E-state index in [1.165, 1.54) is 11.1 Å². The van der Waals surface area contributed by atoms with Crippen LogP contribution < -0.4 is 9.47 Å². The molecule has 0 aliphatic rings. The van der Waals surface area contributed by atoms with Gasteiger partial charge in [0.2, 0.25) is 0 Å². The molecule has 0 bridgehead atoms. The standard InChI is InChI=1S/C19H21BrO3S/c1-5-14-9-13(3)18(10-12(14)2)22-11-15-16(20)7-6-8-17(15)23-19(21)24-4/h6-10H,5,11H2,1-4H3. The van der Waals surface area contributed by atoms with E-state index in [0.29, 0.717) is 12.4 Å². The summed E-state index contributed by atoms with van der Waals surface area (Å²) in [5.74, 6) is 1.37. The second-order valence-corrected chi connectivity index (χ2v) is 7.06. The summed E-state index contributed by atoms with van der Waals surface area (Å²) >= 11 is 4.55. The molecule has 0 N–H and O–H groups in total. The van der Waals surface area contributed by atoms with E-state index < -0.39 is 0 Å². The molecule has 2 rings (SSSR count). The Labute approximate surface area is 155 Å². The minimum absolute atomic E-state index is 0.324. The van der Waals surface area contributed by atoms with Crippen LogP contribution in [0.3, 0.4) is 0 Å². The molecule has 5 heteroatoms. The highest BCUT2D eigenvalue weighted by Crippen LogP contribution is 2.30. The third-order valence-corrected chi connectivity index (χ3v) is 4.98. The number of hydrogen-bond donors (Lipinski definition) is 0. The van der Waals surface area contributed by atoms with Gasteiger partial charge in [-0.25, -0.2) is 4.79 Å². The number of thioether (sulfide) groups is 1. The van der Waals surface area contributed by atoms with E-state index in [0.717, 1.165) is 39.5 Å². The summed E-state index contributed by atoms with van der Waals surface area (Å²) < 4.78 is 12.2. The molecule has 0 heterocycles. The molecule has 24 heavy (non-hydrogen) atoms. The minimum atomic E-state index is -0.339. The molecule has 0 saturated carbocycles. The number of ether oxygens (including phenoxy) is 2. The van der Waals surface area contributed by atoms with E-state index in [4.69, 9.17) is 9.47 Å². The van der Waals surface area contributed by atoms with Crippen molar-refractivity contribution in [2.45, 2.75) is 33.8 Å². The highest BCUT2D eigenvalue weighted by Gasteiger charge is 2.13. The lowest BCUT2D eigenvalue weighted by atomic mass is 10.0. The van der Waals surface area contributed by atoms with Gasteiger partial charge in [-0.1, -0.05) is 35.0 Å². The monoisotopic (exact) mass is 408 g/mol. The molecular formula is C19H21BrO3S. The molecule has 2 aromatic carbocycles. The van der Waals surface area contributed by atoms with Crippen LogP contribution >= 0.6 is 27.7 Å². The van der Waals surface area contributed by atoms with Gasteiger partial charge in [0.25, 0.3) is 0 Å².